The third-order valence-electron chi connectivity index (χ3n) is 2.29. The highest BCUT2D eigenvalue weighted by Crippen LogP contribution is 2.31. The summed E-state index contributed by atoms with van der Waals surface area (Å²) < 4.78 is 8.43. The predicted molar refractivity (Wildman–Crippen MR) is 75.3 cm³/mol. The number of hydrogen-bond acceptors (Lipinski definition) is 7. The largest absolute Gasteiger partial charge is 0.496 e. The van der Waals surface area contributed by atoms with E-state index in [-0.39, 0.29) is 27.2 Å². The Bertz CT molecular complexity index is 678. The average Bonchev–Trinajstić information content (AvgIpc) is 2.93. The topological polar surface area (TPSA) is 126 Å². The van der Waals surface area contributed by atoms with Crippen LogP contribution in [0.15, 0.2) is 12.1 Å². The molecule has 1 aromatic carbocycles. The Labute approximate surface area is 127 Å². The van der Waals surface area contributed by atoms with Crippen LogP contribution in [0, 0.1) is 0 Å². The van der Waals surface area contributed by atoms with E-state index in [1.807, 2.05) is 0 Å². The van der Waals surface area contributed by atoms with E-state index in [0.29, 0.717) is 0 Å². The first-order valence-electron chi connectivity index (χ1n) is 5.35. The lowest BCUT2D eigenvalue weighted by Crippen LogP contribution is -2.19. The van der Waals surface area contributed by atoms with E-state index in [1.165, 1.54) is 19.2 Å². The second kappa shape index (κ2) is 6.33. The maximum atomic E-state index is 11.7. The molecule has 0 spiro atoms. The van der Waals surface area contributed by atoms with Crippen molar-refractivity contribution in [2.24, 2.45) is 0 Å². The molecule has 0 aliphatic carbocycles. The Hall–Kier alpha value is -2.46. The van der Waals surface area contributed by atoms with Gasteiger partial charge in [-0.3, -0.25) is 5.32 Å². The lowest BCUT2D eigenvalue weighted by Gasteiger charge is -2.11. The van der Waals surface area contributed by atoms with E-state index >= 15 is 0 Å². The summed E-state index contributed by atoms with van der Waals surface area (Å²) in [6.45, 7) is 0. The summed E-state index contributed by atoms with van der Waals surface area (Å²) in [4.78, 5) is 22.7. The normalized spacial score (nSPS) is 10.0. The highest BCUT2D eigenvalue weighted by atomic mass is 35.5. The van der Waals surface area contributed by atoms with Gasteiger partial charge in [-0.2, -0.15) is 0 Å². The molecule has 21 heavy (non-hydrogen) atoms. The van der Waals surface area contributed by atoms with E-state index < -0.39 is 12.0 Å². The van der Waals surface area contributed by atoms with E-state index in [4.69, 9.17) is 21.4 Å². The number of carboxylic acids is 1. The molecule has 0 aliphatic heterocycles. The number of aromatic nitrogens is 3. The fourth-order valence-corrected chi connectivity index (χ4v) is 1.99. The second-order valence-corrected chi connectivity index (χ2v) is 4.72. The Morgan fingerprint density at radius 1 is 1.38 bits per heavy atom. The number of nitrogens with one attached hydrogen (secondary N) is 2. The summed E-state index contributed by atoms with van der Waals surface area (Å²) in [5, 5.41) is 21.0. The minimum Gasteiger partial charge on any atom is -0.496 e. The SMILES string of the molecule is COc1cc(NC(=O)Nc2nnns2)c(Cl)cc1C(=O)O. The van der Waals surface area contributed by atoms with Gasteiger partial charge >= 0.3 is 12.0 Å². The number of anilines is 2. The van der Waals surface area contributed by atoms with Gasteiger partial charge in [-0.25, -0.2) is 9.59 Å². The number of hydrogen-bond donors (Lipinski definition) is 3. The highest BCUT2D eigenvalue weighted by molar-refractivity contribution is 7.09. The Kier molecular flexibility index (Phi) is 4.50. The molecule has 9 nitrogen and oxygen atoms in total. The maximum Gasteiger partial charge on any atom is 0.339 e. The van der Waals surface area contributed by atoms with Crippen LogP contribution in [0.25, 0.3) is 0 Å². The number of nitrogens with zero attached hydrogens (tertiary/aromatic N) is 3. The summed E-state index contributed by atoms with van der Waals surface area (Å²) >= 11 is 6.83. The van der Waals surface area contributed by atoms with Crippen LogP contribution in [0.1, 0.15) is 10.4 Å². The lowest BCUT2D eigenvalue weighted by atomic mass is 10.2. The van der Waals surface area contributed by atoms with Crippen molar-refractivity contribution in [3.8, 4) is 5.75 Å². The zero-order chi connectivity index (χ0) is 15.4. The molecule has 0 saturated carbocycles. The maximum absolute atomic E-state index is 11.7. The van der Waals surface area contributed by atoms with Crippen LogP contribution in [0.4, 0.5) is 15.6 Å². The minimum atomic E-state index is -1.19. The molecular formula is C10H8ClN5O4S. The second-order valence-electron chi connectivity index (χ2n) is 3.58. The molecule has 0 aliphatic rings. The van der Waals surface area contributed by atoms with Crippen LogP contribution in [0.2, 0.25) is 5.02 Å². The molecule has 0 fully saturated rings. The first kappa shape index (κ1) is 14.9. The summed E-state index contributed by atoms with van der Waals surface area (Å²) in [5.41, 5.74) is 0.0790. The average molecular weight is 330 g/mol. The van der Waals surface area contributed by atoms with Crippen molar-refractivity contribution in [3.63, 3.8) is 0 Å². The summed E-state index contributed by atoms with van der Waals surface area (Å²) in [6.07, 6.45) is 0. The summed E-state index contributed by atoms with van der Waals surface area (Å²) in [6, 6.07) is 1.87. The molecule has 1 heterocycles. The number of amides is 2. The monoisotopic (exact) mass is 329 g/mol. The Balaban J connectivity index is 2.20. The molecule has 0 bridgehead atoms. The van der Waals surface area contributed by atoms with Gasteiger partial charge < -0.3 is 15.2 Å². The highest BCUT2D eigenvalue weighted by Gasteiger charge is 2.16. The van der Waals surface area contributed by atoms with Gasteiger partial charge in [-0.15, -0.1) is 0 Å². The quantitative estimate of drug-likeness (QED) is 0.782. The molecule has 2 rings (SSSR count). The lowest BCUT2D eigenvalue weighted by molar-refractivity contribution is 0.0693. The van der Waals surface area contributed by atoms with Crippen LogP contribution >= 0.6 is 23.1 Å². The van der Waals surface area contributed by atoms with Crippen molar-refractivity contribution in [2.75, 3.05) is 17.7 Å². The van der Waals surface area contributed by atoms with Gasteiger partial charge in [0.2, 0.25) is 5.13 Å². The first-order valence-corrected chi connectivity index (χ1v) is 6.50. The molecule has 2 amide bonds. The van der Waals surface area contributed by atoms with E-state index in [1.54, 1.807) is 0 Å². The predicted octanol–water partition coefficient (Wildman–Crippen LogP) is 1.94. The number of ether oxygens (including phenoxy) is 1. The van der Waals surface area contributed by atoms with Gasteiger partial charge in [0.25, 0.3) is 0 Å². The standard InChI is InChI=1S/C10H8ClN5O4S/c1-20-7-3-6(5(11)2-4(7)8(17)18)12-9(19)13-10-14-15-16-21-10/h2-3H,1H3,(H,17,18)(H2,12,13,14,16,19). The number of aromatic carboxylic acids is 1. The Morgan fingerprint density at radius 2 is 2.14 bits per heavy atom. The van der Waals surface area contributed by atoms with E-state index in [2.05, 4.69) is 25.4 Å². The molecule has 110 valence electrons. The van der Waals surface area contributed by atoms with Gasteiger partial charge in [0.05, 0.1) is 17.8 Å². The molecule has 11 heteroatoms. The van der Waals surface area contributed by atoms with Crippen LogP contribution in [0.3, 0.4) is 0 Å². The van der Waals surface area contributed by atoms with Gasteiger partial charge in [-0.05, 0) is 11.3 Å². The zero-order valence-corrected chi connectivity index (χ0v) is 12.0. The fraction of sp³-hybridized carbons (Fsp3) is 0.100. The third-order valence-corrected chi connectivity index (χ3v) is 3.11. The molecule has 3 N–H and O–H groups in total. The molecule has 1 aromatic heterocycles. The van der Waals surface area contributed by atoms with Crippen molar-refractivity contribution in [3.05, 3.63) is 22.7 Å². The summed E-state index contributed by atoms with van der Waals surface area (Å²) in [7, 11) is 1.31. The zero-order valence-electron chi connectivity index (χ0n) is 10.5. The van der Waals surface area contributed by atoms with Crippen molar-refractivity contribution in [1.29, 1.82) is 0 Å². The van der Waals surface area contributed by atoms with Gasteiger partial charge in [0.1, 0.15) is 11.3 Å². The van der Waals surface area contributed by atoms with Crippen molar-refractivity contribution in [1.82, 2.24) is 14.8 Å². The summed E-state index contributed by atoms with van der Waals surface area (Å²) in [5.74, 6) is -1.12. The smallest absolute Gasteiger partial charge is 0.339 e. The molecule has 0 saturated heterocycles. The van der Waals surface area contributed by atoms with Crippen LogP contribution in [0.5, 0.6) is 5.75 Å². The van der Waals surface area contributed by atoms with E-state index in [0.717, 1.165) is 11.5 Å². The number of urea groups is 1. The van der Waals surface area contributed by atoms with Crippen LogP contribution in [-0.2, 0) is 0 Å². The molecule has 2 aromatic rings. The molecule has 0 unspecified atom stereocenters. The number of methoxy groups -OCH3 is 1. The number of benzene rings is 1. The minimum absolute atomic E-state index is 0.0544. The Morgan fingerprint density at radius 3 is 2.71 bits per heavy atom. The molecule has 0 radical (unpaired) electrons. The number of carbonyl (C=O) groups is 2. The van der Waals surface area contributed by atoms with Crippen LogP contribution in [-0.4, -0.2) is 39.0 Å². The number of carbonyl (C=O) groups excluding carboxylic acids is 1. The van der Waals surface area contributed by atoms with Crippen molar-refractivity contribution >= 4 is 46.0 Å². The number of carboxylic acid groups (broad SMARTS) is 1. The fourth-order valence-electron chi connectivity index (χ4n) is 1.42. The molecular weight excluding hydrogens is 322 g/mol. The first-order chi connectivity index (χ1) is 10.0. The van der Waals surface area contributed by atoms with E-state index in [9.17, 15) is 9.59 Å². The third kappa shape index (κ3) is 3.55. The van der Waals surface area contributed by atoms with Crippen molar-refractivity contribution < 1.29 is 19.4 Å². The number of halogens is 1. The van der Waals surface area contributed by atoms with Crippen molar-refractivity contribution in [2.45, 2.75) is 0 Å². The van der Waals surface area contributed by atoms with Gasteiger partial charge in [-0.1, -0.05) is 21.2 Å². The van der Waals surface area contributed by atoms with Gasteiger partial charge in [0.15, 0.2) is 0 Å². The number of rotatable bonds is 4. The van der Waals surface area contributed by atoms with Crippen LogP contribution < -0.4 is 15.4 Å². The molecule has 0 atom stereocenters. The van der Waals surface area contributed by atoms with Gasteiger partial charge in [0, 0.05) is 17.6 Å².